The van der Waals surface area contributed by atoms with Crippen LogP contribution in [0.3, 0.4) is 0 Å². The molecule has 0 aliphatic rings. The van der Waals surface area contributed by atoms with Gasteiger partial charge >= 0.3 is 6.18 Å². The number of methoxy groups -OCH3 is 1. The van der Waals surface area contributed by atoms with Crippen molar-refractivity contribution in [1.82, 2.24) is 9.97 Å². The van der Waals surface area contributed by atoms with Crippen molar-refractivity contribution in [1.29, 1.82) is 0 Å². The SMILES string of the molecule is COc1ccc(F)cc1C(C)(C)CC(N)(Cc1cc2ccncc2[nH]1)C(F)(F)F. The lowest BCUT2D eigenvalue weighted by molar-refractivity contribution is -0.191. The smallest absolute Gasteiger partial charge is 0.406 e. The van der Waals surface area contributed by atoms with E-state index in [-0.39, 0.29) is 0 Å². The van der Waals surface area contributed by atoms with E-state index in [1.54, 1.807) is 38.4 Å². The van der Waals surface area contributed by atoms with Crippen LogP contribution in [0.2, 0.25) is 0 Å². The van der Waals surface area contributed by atoms with Crippen LogP contribution in [-0.4, -0.2) is 28.8 Å². The standard InChI is InChI=1S/C21H23F4N3O/c1-19(2,16-9-14(22)4-5-18(16)29-3)12-20(26,21(23,24)25)10-15-8-13-6-7-27-11-17(13)28-15/h4-9,11,28H,10,12,26H2,1-3H3. The first-order chi connectivity index (χ1) is 13.4. The predicted molar refractivity (Wildman–Crippen MR) is 103 cm³/mol. The third-order valence-electron chi connectivity index (χ3n) is 5.20. The molecule has 0 spiro atoms. The molecular formula is C21H23F4N3O. The van der Waals surface area contributed by atoms with E-state index in [0.717, 1.165) is 5.39 Å². The predicted octanol–water partition coefficient (Wildman–Crippen LogP) is 4.88. The number of halogens is 4. The van der Waals surface area contributed by atoms with Crippen molar-refractivity contribution in [3.05, 3.63) is 59.8 Å². The summed E-state index contributed by atoms with van der Waals surface area (Å²) in [6.45, 7) is 3.21. The lowest BCUT2D eigenvalue weighted by Gasteiger charge is -2.39. The number of pyridine rings is 1. The number of fused-ring (bicyclic) bond motifs is 1. The first kappa shape index (κ1) is 21.1. The van der Waals surface area contributed by atoms with Crippen molar-refractivity contribution >= 4 is 10.9 Å². The molecule has 2 heterocycles. The summed E-state index contributed by atoms with van der Waals surface area (Å²) in [6.07, 6.45) is -2.48. The number of aromatic amines is 1. The summed E-state index contributed by atoms with van der Waals surface area (Å²) in [5, 5.41) is 0.755. The summed E-state index contributed by atoms with van der Waals surface area (Å²) >= 11 is 0. The molecule has 4 nitrogen and oxygen atoms in total. The molecule has 3 N–H and O–H groups in total. The second-order valence-electron chi connectivity index (χ2n) is 7.99. The van der Waals surface area contributed by atoms with Crippen molar-refractivity contribution in [2.24, 2.45) is 5.73 Å². The van der Waals surface area contributed by atoms with Crippen molar-refractivity contribution in [3.8, 4) is 5.75 Å². The van der Waals surface area contributed by atoms with Crippen LogP contribution in [0.25, 0.3) is 10.9 Å². The lowest BCUT2D eigenvalue weighted by atomic mass is 9.72. The van der Waals surface area contributed by atoms with Crippen LogP contribution in [0.1, 0.15) is 31.5 Å². The van der Waals surface area contributed by atoms with Crippen LogP contribution < -0.4 is 10.5 Å². The Morgan fingerprint density at radius 2 is 1.86 bits per heavy atom. The highest BCUT2D eigenvalue weighted by atomic mass is 19.4. The maximum Gasteiger partial charge on any atom is 0.406 e. The number of nitrogens with one attached hydrogen (secondary N) is 1. The first-order valence-electron chi connectivity index (χ1n) is 9.06. The molecule has 29 heavy (non-hydrogen) atoms. The molecule has 1 aromatic carbocycles. The van der Waals surface area contributed by atoms with E-state index in [0.29, 0.717) is 22.5 Å². The van der Waals surface area contributed by atoms with Gasteiger partial charge in [-0.05, 0) is 42.2 Å². The summed E-state index contributed by atoms with van der Waals surface area (Å²) < 4.78 is 61.4. The number of alkyl halides is 3. The fourth-order valence-corrected chi connectivity index (χ4v) is 3.82. The van der Waals surface area contributed by atoms with Crippen LogP contribution in [0, 0.1) is 5.82 Å². The zero-order valence-electron chi connectivity index (χ0n) is 16.4. The fourth-order valence-electron chi connectivity index (χ4n) is 3.82. The summed E-state index contributed by atoms with van der Waals surface area (Å²) in [6, 6.07) is 7.16. The highest BCUT2D eigenvalue weighted by Gasteiger charge is 2.54. The highest BCUT2D eigenvalue weighted by Crippen LogP contribution is 2.44. The van der Waals surface area contributed by atoms with E-state index in [4.69, 9.17) is 10.5 Å². The number of hydrogen-bond donors (Lipinski definition) is 2. The van der Waals surface area contributed by atoms with Gasteiger partial charge in [0, 0.05) is 29.3 Å². The molecule has 3 rings (SSSR count). The molecule has 0 fully saturated rings. The topological polar surface area (TPSA) is 63.9 Å². The third kappa shape index (κ3) is 4.22. The molecule has 8 heteroatoms. The van der Waals surface area contributed by atoms with Crippen molar-refractivity contribution in [2.75, 3.05) is 7.11 Å². The Hall–Kier alpha value is -2.61. The molecule has 0 aliphatic carbocycles. The van der Waals surface area contributed by atoms with Crippen molar-refractivity contribution < 1.29 is 22.3 Å². The summed E-state index contributed by atoms with van der Waals surface area (Å²) in [4.78, 5) is 6.92. The van der Waals surface area contributed by atoms with E-state index < -0.39 is 35.8 Å². The van der Waals surface area contributed by atoms with Gasteiger partial charge in [-0.25, -0.2) is 4.39 Å². The van der Waals surface area contributed by atoms with Crippen molar-refractivity contribution in [2.45, 2.75) is 43.8 Å². The molecular weight excluding hydrogens is 386 g/mol. The molecule has 1 atom stereocenters. The second-order valence-corrected chi connectivity index (χ2v) is 7.99. The minimum atomic E-state index is -4.68. The van der Waals surface area contributed by atoms with Crippen LogP contribution in [0.15, 0.2) is 42.7 Å². The first-order valence-corrected chi connectivity index (χ1v) is 9.06. The average Bonchev–Trinajstić information content (AvgIpc) is 3.02. The zero-order chi connectivity index (χ0) is 21.4. The Balaban J connectivity index is 1.99. The number of nitrogens with two attached hydrogens (primary N) is 1. The maximum atomic E-state index is 14.1. The largest absolute Gasteiger partial charge is 0.496 e. The quantitative estimate of drug-likeness (QED) is 0.571. The summed E-state index contributed by atoms with van der Waals surface area (Å²) in [5.74, 6) is -0.232. The van der Waals surface area contributed by atoms with E-state index in [1.807, 2.05) is 0 Å². The number of hydrogen-bond acceptors (Lipinski definition) is 3. The Morgan fingerprint density at radius 1 is 1.14 bits per heavy atom. The van der Waals surface area contributed by atoms with Gasteiger partial charge < -0.3 is 15.5 Å². The number of ether oxygens (including phenoxy) is 1. The van der Waals surface area contributed by atoms with E-state index >= 15 is 0 Å². The fraction of sp³-hybridized carbons (Fsp3) is 0.381. The number of nitrogens with zero attached hydrogens (tertiary/aromatic N) is 1. The van der Waals surface area contributed by atoms with Gasteiger partial charge in [0.2, 0.25) is 0 Å². The van der Waals surface area contributed by atoms with Crippen LogP contribution in [-0.2, 0) is 11.8 Å². The average molecular weight is 409 g/mol. The van der Waals surface area contributed by atoms with Gasteiger partial charge in [-0.15, -0.1) is 0 Å². The van der Waals surface area contributed by atoms with Crippen LogP contribution in [0.4, 0.5) is 17.6 Å². The lowest BCUT2D eigenvalue weighted by Crippen LogP contribution is -2.58. The highest BCUT2D eigenvalue weighted by molar-refractivity contribution is 5.79. The summed E-state index contributed by atoms with van der Waals surface area (Å²) in [5.41, 5.74) is 3.67. The van der Waals surface area contributed by atoms with E-state index in [1.165, 1.54) is 25.3 Å². The maximum absolute atomic E-state index is 14.1. The Bertz CT molecular complexity index is 980. The number of H-pyrrole nitrogens is 1. The molecule has 0 saturated carbocycles. The Kier molecular flexibility index (Phi) is 5.34. The molecule has 2 aromatic heterocycles. The number of benzene rings is 1. The molecule has 0 aliphatic heterocycles. The number of rotatable bonds is 6. The van der Waals surface area contributed by atoms with Gasteiger partial charge in [0.25, 0.3) is 0 Å². The van der Waals surface area contributed by atoms with Gasteiger partial charge in [-0.3, -0.25) is 4.98 Å². The van der Waals surface area contributed by atoms with E-state index in [2.05, 4.69) is 9.97 Å². The monoisotopic (exact) mass is 409 g/mol. The number of aromatic nitrogens is 2. The molecule has 0 amide bonds. The molecule has 1 unspecified atom stereocenters. The molecule has 0 bridgehead atoms. The summed E-state index contributed by atoms with van der Waals surface area (Å²) in [7, 11) is 1.39. The van der Waals surface area contributed by atoms with Crippen LogP contribution in [0.5, 0.6) is 5.75 Å². The molecule has 0 saturated heterocycles. The zero-order valence-corrected chi connectivity index (χ0v) is 16.4. The molecule has 0 radical (unpaired) electrons. The minimum absolute atomic E-state index is 0.317. The van der Waals surface area contributed by atoms with Gasteiger partial charge in [0.1, 0.15) is 17.1 Å². The second kappa shape index (κ2) is 7.33. The van der Waals surface area contributed by atoms with Crippen molar-refractivity contribution in [3.63, 3.8) is 0 Å². The normalized spacial score (nSPS) is 14.8. The minimum Gasteiger partial charge on any atom is -0.496 e. The Morgan fingerprint density at radius 3 is 2.48 bits per heavy atom. The Labute approximate surface area is 166 Å². The van der Waals surface area contributed by atoms with Gasteiger partial charge in [0.05, 0.1) is 18.8 Å². The van der Waals surface area contributed by atoms with Gasteiger partial charge in [-0.1, -0.05) is 13.8 Å². The van der Waals surface area contributed by atoms with Crippen LogP contribution >= 0.6 is 0 Å². The van der Waals surface area contributed by atoms with Gasteiger partial charge in [-0.2, -0.15) is 13.2 Å². The third-order valence-corrected chi connectivity index (χ3v) is 5.20. The molecule has 3 aromatic rings. The van der Waals surface area contributed by atoms with Gasteiger partial charge in [0.15, 0.2) is 0 Å². The van der Waals surface area contributed by atoms with E-state index in [9.17, 15) is 17.6 Å². The molecule has 156 valence electrons.